The van der Waals surface area contributed by atoms with Crippen molar-refractivity contribution in [2.75, 3.05) is 6.61 Å². The Bertz CT molecular complexity index is 126. The summed E-state index contributed by atoms with van der Waals surface area (Å²) in [7, 11) is 0. The molecule has 3 heteroatoms. The first-order valence-electron chi connectivity index (χ1n) is 4.92. The van der Waals surface area contributed by atoms with Gasteiger partial charge in [-0.15, -0.1) is 0 Å². The van der Waals surface area contributed by atoms with Gasteiger partial charge in [0, 0.05) is 0 Å². The van der Waals surface area contributed by atoms with Crippen LogP contribution in [0.1, 0.15) is 46.5 Å². The van der Waals surface area contributed by atoms with Crippen LogP contribution in [0.3, 0.4) is 0 Å². The van der Waals surface area contributed by atoms with E-state index in [2.05, 4.69) is 6.92 Å². The van der Waals surface area contributed by atoms with Gasteiger partial charge in [0.2, 0.25) is 0 Å². The van der Waals surface area contributed by atoms with Crippen molar-refractivity contribution in [3.8, 4) is 0 Å². The van der Waals surface area contributed by atoms with Crippen LogP contribution in [0.5, 0.6) is 0 Å². The van der Waals surface area contributed by atoms with Gasteiger partial charge in [0.15, 0.2) is 0 Å². The van der Waals surface area contributed by atoms with E-state index in [4.69, 9.17) is 4.74 Å². The number of hydrogen-bond donors (Lipinski definition) is 0. The molecule has 0 N–H and O–H groups in total. The maximum Gasteiger partial charge on any atom is 3.00 e. The Balaban J connectivity index is 0. The molecule has 0 aliphatic carbocycles. The van der Waals surface area contributed by atoms with Gasteiger partial charge in [-0.25, -0.2) is 0 Å². The molecule has 0 spiro atoms. The summed E-state index contributed by atoms with van der Waals surface area (Å²) in [5, 5.41) is 0. The van der Waals surface area contributed by atoms with Gasteiger partial charge < -0.3 is 4.74 Å². The molecule has 2 nitrogen and oxygen atoms in total. The molecule has 0 aliphatic heterocycles. The molecule has 0 fully saturated rings. The fourth-order valence-electron chi connectivity index (χ4n) is 1.20. The number of esters is 1. The van der Waals surface area contributed by atoms with Gasteiger partial charge in [-0.3, -0.25) is 4.79 Å². The third-order valence-electron chi connectivity index (χ3n) is 2.02. The molecule has 0 heterocycles. The maximum atomic E-state index is 11.3. The summed E-state index contributed by atoms with van der Waals surface area (Å²) in [6.07, 6.45) is 4.15. The second-order valence-corrected chi connectivity index (χ2v) is 3.00. The van der Waals surface area contributed by atoms with E-state index in [1.807, 2.05) is 13.8 Å². The van der Waals surface area contributed by atoms with Crippen LogP contribution in [0, 0.1) is 5.92 Å². The summed E-state index contributed by atoms with van der Waals surface area (Å²) in [6, 6.07) is 0. The van der Waals surface area contributed by atoms with Crippen LogP contribution >= 0.6 is 0 Å². The van der Waals surface area contributed by atoms with E-state index in [1.165, 1.54) is 0 Å². The number of hydrogen-bond acceptors (Lipinski definition) is 2. The molecule has 75 valence electrons. The van der Waals surface area contributed by atoms with Crippen molar-refractivity contribution in [1.29, 1.82) is 0 Å². The molecule has 0 aromatic heterocycles. The average Bonchev–Trinajstić information content (AvgIpc) is 2.06. The second kappa shape index (κ2) is 10.1. The summed E-state index contributed by atoms with van der Waals surface area (Å²) >= 11 is 0. The molecule has 0 saturated carbocycles. The third kappa shape index (κ3) is 7.10. The smallest absolute Gasteiger partial charge is 0.466 e. The normalized spacial score (nSPS) is 11.6. The predicted molar refractivity (Wildman–Crippen MR) is 49.9 cm³/mol. The van der Waals surface area contributed by atoms with Crippen molar-refractivity contribution in [2.24, 2.45) is 5.92 Å². The molecular weight excluding hydrogens is 204 g/mol. The summed E-state index contributed by atoms with van der Waals surface area (Å²) < 4.78 is 4.95. The van der Waals surface area contributed by atoms with Crippen LogP contribution in [-0.2, 0) is 26.9 Å². The van der Waals surface area contributed by atoms with Crippen LogP contribution in [0.15, 0.2) is 0 Å². The third-order valence-corrected chi connectivity index (χ3v) is 2.02. The zero-order valence-corrected chi connectivity index (χ0v) is 10.1. The van der Waals surface area contributed by atoms with E-state index >= 15 is 0 Å². The van der Waals surface area contributed by atoms with Gasteiger partial charge in [0.05, 0.1) is 12.5 Å². The van der Waals surface area contributed by atoms with E-state index in [0.29, 0.717) is 6.61 Å². The van der Waals surface area contributed by atoms with E-state index < -0.39 is 0 Å². The zero-order valence-electron chi connectivity index (χ0n) is 8.84. The van der Waals surface area contributed by atoms with Crippen molar-refractivity contribution in [3.63, 3.8) is 0 Å². The molecule has 0 aromatic rings. The second-order valence-electron chi connectivity index (χ2n) is 3.00. The Labute approximate surface area is 92.2 Å². The Morgan fingerprint density at radius 3 is 2.31 bits per heavy atom. The monoisotopic (exact) mass is 224 g/mol. The Morgan fingerprint density at radius 1 is 1.31 bits per heavy atom. The molecule has 1 radical (unpaired) electrons. The molecule has 0 aromatic carbocycles. The minimum atomic E-state index is -0.0200. The van der Waals surface area contributed by atoms with E-state index in [1.54, 1.807) is 0 Å². The van der Waals surface area contributed by atoms with Gasteiger partial charge in [-0.1, -0.05) is 26.7 Å². The van der Waals surface area contributed by atoms with Crippen LogP contribution in [0.4, 0.5) is 0 Å². The van der Waals surface area contributed by atoms with Gasteiger partial charge in [-0.05, 0) is 19.8 Å². The summed E-state index contributed by atoms with van der Waals surface area (Å²) in [5.41, 5.74) is 0. The van der Waals surface area contributed by atoms with E-state index in [0.717, 1.165) is 25.7 Å². The topological polar surface area (TPSA) is 26.3 Å². The first-order chi connectivity index (χ1) is 5.76. The molecule has 1 unspecified atom stereocenters. The molecule has 0 bridgehead atoms. The Kier molecular flexibility index (Phi) is 12.0. The molecule has 13 heavy (non-hydrogen) atoms. The minimum Gasteiger partial charge on any atom is -0.466 e. The van der Waals surface area contributed by atoms with Crippen LogP contribution in [0.25, 0.3) is 0 Å². The number of carbonyl (C=O) groups is 1. The minimum absolute atomic E-state index is 0. The Morgan fingerprint density at radius 2 is 1.92 bits per heavy atom. The van der Waals surface area contributed by atoms with Crippen LogP contribution < -0.4 is 0 Å². The number of unbranched alkanes of at least 4 members (excludes halogenated alkanes) is 1. The number of ether oxygens (including phenoxy) is 1. The Hall–Kier alpha value is 0.00247. The number of carbonyl (C=O) groups excluding carboxylic acids is 1. The van der Waals surface area contributed by atoms with Crippen molar-refractivity contribution in [3.05, 3.63) is 0 Å². The molecule has 1 atom stereocenters. The molecule has 0 saturated heterocycles. The van der Waals surface area contributed by atoms with Crippen molar-refractivity contribution < 1.29 is 26.9 Å². The largest absolute Gasteiger partial charge is 3.00 e. The molecule has 0 aliphatic rings. The van der Waals surface area contributed by atoms with Crippen LogP contribution in [0.2, 0.25) is 0 Å². The summed E-state index contributed by atoms with van der Waals surface area (Å²) in [5.74, 6) is 0.110. The summed E-state index contributed by atoms with van der Waals surface area (Å²) in [6.45, 7) is 6.53. The van der Waals surface area contributed by atoms with Gasteiger partial charge >= 0.3 is 23.3 Å². The molecular formula is C10H20CrO2+3. The summed E-state index contributed by atoms with van der Waals surface area (Å²) in [4.78, 5) is 11.3. The average molecular weight is 224 g/mol. The maximum absolute atomic E-state index is 11.3. The van der Waals surface area contributed by atoms with E-state index in [9.17, 15) is 4.79 Å². The van der Waals surface area contributed by atoms with Crippen LogP contribution in [-0.4, -0.2) is 12.6 Å². The van der Waals surface area contributed by atoms with Gasteiger partial charge in [-0.2, -0.15) is 0 Å². The molecule has 0 rings (SSSR count). The van der Waals surface area contributed by atoms with Gasteiger partial charge in [0.25, 0.3) is 0 Å². The van der Waals surface area contributed by atoms with Crippen molar-refractivity contribution in [1.82, 2.24) is 0 Å². The number of rotatable bonds is 6. The van der Waals surface area contributed by atoms with Gasteiger partial charge in [0.1, 0.15) is 0 Å². The SMILES string of the molecule is CCCCC(CC)C(=O)OCC.[Cr+3]. The fraction of sp³-hybridized carbons (Fsp3) is 0.900. The first-order valence-corrected chi connectivity index (χ1v) is 4.92. The fourth-order valence-corrected chi connectivity index (χ4v) is 1.20. The zero-order chi connectivity index (χ0) is 9.40. The van der Waals surface area contributed by atoms with Crippen molar-refractivity contribution in [2.45, 2.75) is 46.5 Å². The first kappa shape index (κ1) is 15.5. The molecule has 0 amide bonds. The predicted octanol–water partition coefficient (Wildman–Crippen LogP) is 2.76. The standard InChI is InChI=1S/C10H20O2.Cr/c1-4-7-8-9(5-2)10(11)12-6-3;/h9H,4-8H2,1-3H3;/q;+3. The van der Waals surface area contributed by atoms with E-state index in [-0.39, 0.29) is 29.2 Å². The quantitative estimate of drug-likeness (QED) is 0.648. The van der Waals surface area contributed by atoms with Crippen molar-refractivity contribution >= 4 is 5.97 Å².